The summed E-state index contributed by atoms with van der Waals surface area (Å²) in [5.41, 5.74) is 0.706. The number of hydrogen-bond acceptors (Lipinski definition) is 1. The van der Waals surface area contributed by atoms with Gasteiger partial charge in [-0.2, -0.15) is 0 Å². The molecule has 0 saturated heterocycles. The van der Waals surface area contributed by atoms with Crippen LogP contribution >= 0.6 is 27.5 Å². The first-order valence-electron chi connectivity index (χ1n) is 7.90. The van der Waals surface area contributed by atoms with E-state index in [-0.39, 0.29) is 5.91 Å². The molecule has 0 N–H and O–H groups in total. The van der Waals surface area contributed by atoms with E-state index in [1.54, 1.807) is 6.07 Å². The van der Waals surface area contributed by atoms with Crippen LogP contribution in [0.15, 0.2) is 22.7 Å². The predicted molar refractivity (Wildman–Crippen MR) is 89.8 cm³/mol. The maximum atomic E-state index is 12.9. The molecule has 21 heavy (non-hydrogen) atoms. The fourth-order valence-electron chi connectivity index (χ4n) is 3.28. The summed E-state index contributed by atoms with van der Waals surface area (Å²) in [7, 11) is 0. The normalized spacial score (nSPS) is 19.5. The number of rotatable bonds is 4. The summed E-state index contributed by atoms with van der Waals surface area (Å²) in [4.78, 5) is 15.0. The Balaban J connectivity index is 1.74. The van der Waals surface area contributed by atoms with Gasteiger partial charge in [0.15, 0.2) is 0 Å². The van der Waals surface area contributed by atoms with Crippen LogP contribution in [0.3, 0.4) is 0 Å². The standard InChI is InChI=1S/C17H21BrClNO/c18-14-8-13(9-15(19)10-14)17(21)20(16-6-7-16)11-12-4-2-1-3-5-12/h8-10,12,16H,1-7,11H2. The number of carbonyl (C=O) groups excluding carboxylic acids is 1. The molecule has 0 spiro atoms. The smallest absolute Gasteiger partial charge is 0.254 e. The van der Waals surface area contributed by atoms with Gasteiger partial charge < -0.3 is 4.90 Å². The molecule has 0 heterocycles. The molecule has 114 valence electrons. The van der Waals surface area contributed by atoms with Gasteiger partial charge >= 0.3 is 0 Å². The summed E-state index contributed by atoms with van der Waals surface area (Å²) in [5, 5.41) is 0.612. The van der Waals surface area contributed by atoms with E-state index in [1.165, 1.54) is 32.1 Å². The van der Waals surface area contributed by atoms with Crippen LogP contribution in [-0.2, 0) is 0 Å². The van der Waals surface area contributed by atoms with E-state index in [9.17, 15) is 4.79 Å². The van der Waals surface area contributed by atoms with Crippen molar-refractivity contribution in [2.75, 3.05) is 6.54 Å². The average molecular weight is 371 g/mol. The summed E-state index contributed by atoms with van der Waals surface area (Å²) in [6.07, 6.45) is 8.85. The van der Waals surface area contributed by atoms with Crippen molar-refractivity contribution >= 4 is 33.4 Å². The average Bonchev–Trinajstić information content (AvgIpc) is 3.29. The maximum absolute atomic E-state index is 12.9. The molecule has 1 aromatic carbocycles. The van der Waals surface area contributed by atoms with Crippen molar-refractivity contribution in [1.29, 1.82) is 0 Å². The van der Waals surface area contributed by atoms with Crippen molar-refractivity contribution in [2.24, 2.45) is 5.92 Å². The molecule has 0 unspecified atom stereocenters. The van der Waals surface area contributed by atoms with Gasteiger partial charge in [-0.25, -0.2) is 0 Å². The zero-order chi connectivity index (χ0) is 14.8. The second-order valence-corrected chi connectivity index (χ2v) is 7.70. The van der Waals surface area contributed by atoms with E-state index in [2.05, 4.69) is 20.8 Å². The number of carbonyl (C=O) groups is 1. The first-order valence-corrected chi connectivity index (χ1v) is 9.07. The highest BCUT2D eigenvalue weighted by atomic mass is 79.9. The number of hydrogen-bond donors (Lipinski definition) is 0. The lowest BCUT2D eigenvalue weighted by atomic mass is 9.89. The maximum Gasteiger partial charge on any atom is 0.254 e. The Kier molecular flexibility index (Phi) is 4.90. The van der Waals surface area contributed by atoms with Crippen molar-refractivity contribution in [3.05, 3.63) is 33.3 Å². The zero-order valence-corrected chi connectivity index (χ0v) is 14.5. The number of halogens is 2. The van der Waals surface area contributed by atoms with Crippen molar-refractivity contribution in [3.8, 4) is 0 Å². The van der Waals surface area contributed by atoms with E-state index in [0.29, 0.717) is 22.5 Å². The van der Waals surface area contributed by atoms with E-state index in [1.807, 2.05) is 12.1 Å². The molecule has 1 amide bonds. The summed E-state index contributed by atoms with van der Waals surface area (Å²) in [6.45, 7) is 0.924. The third kappa shape index (κ3) is 4.01. The molecule has 2 aliphatic rings. The van der Waals surface area contributed by atoms with Crippen LogP contribution in [0, 0.1) is 5.92 Å². The van der Waals surface area contributed by atoms with Crippen molar-refractivity contribution < 1.29 is 4.79 Å². The summed E-state index contributed by atoms with van der Waals surface area (Å²) >= 11 is 9.51. The molecule has 0 bridgehead atoms. The van der Waals surface area contributed by atoms with Crippen LogP contribution in [-0.4, -0.2) is 23.4 Å². The van der Waals surface area contributed by atoms with Gasteiger partial charge in [0.25, 0.3) is 5.91 Å². The Labute approximate surface area is 140 Å². The first kappa shape index (κ1) is 15.4. The highest BCUT2D eigenvalue weighted by Gasteiger charge is 2.34. The highest BCUT2D eigenvalue weighted by molar-refractivity contribution is 9.10. The van der Waals surface area contributed by atoms with Gasteiger partial charge in [-0.3, -0.25) is 4.79 Å². The Morgan fingerprint density at radius 3 is 2.48 bits per heavy atom. The second kappa shape index (κ2) is 6.70. The van der Waals surface area contributed by atoms with Crippen LogP contribution < -0.4 is 0 Å². The molecule has 0 radical (unpaired) electrons. The van der Waals surface area contributed by atoms with Crippen LogP contribution in [0.5, 0.6) is 0 Å². The topological polar surface area (TPSA) is 20.3 Å². The molecular weight excluding hydrogens is 350 g/mol. The third-order valence-electron chi connectivity index (χ3n) is 4.54. The van der Waals surface area contributed by atoms with Gasteiger partial charge in [0.1, 0.15) is 0 Å². The van der Waals surface area contributed by atoms with E-state index < -0.39 is 0 Å². The molecule has 0 aliphatic heterocycles. The minimum absolute atomic E-state index is 0.145. The summed E-state index contributed by atoms with van der Waals surface area (Å²) in [5.74, 6) is 0.831. The molecular formula is C17H21BrClNO. The lowest BCUT2D eigenvalue weighted by molar-refractivity contribution is 0.0699. The molecule has 0 atom stereocenters. The van der Waals surface area contributed by atoms with Crippen molar-refractivity contribution in [1.82, 2.24) is 4.90 Å². The highest BCUT2D eigenvalue weighted by Crippen LogP contribution is 2.33. The van der Waals surface area contributed by atoms with Gasteiger partial charge in [-0.15, -0.1) is 0 Å². The minimum Gasteiger partial charge on any atom is -0.335 e. The lowest BCUT2D eigenvalue weighted by Gasteiger charge is -2.30. The Hall–Kier alpha value is -0.540. The SMILES string of the molecule is O=C(c1cc(Cl)cc(Br)c1)N(CC1CCCCC1)C1CC1. The van der Waals surface area contributed by atoms with E-state index in [4.69, 9.17) is 11.6 Å². The molecule has 2 aliphatic carbocycles. The molecule has 2 fully saturated rings. The largest absolute Gasteiger partial charge is 0.335 e. The second-order valence-electron chi connectivity index (χ2n) is 6.35. The first-order chi connectivity index (χ1) is 10.1. The number of benzene rings is 1. The number of amides is 1. The van der Waals surface area contributed by atoms with Gasteiger partial charge in [0, 0.05) is 27.6 Å². The summed E-state index contributed by atoms with van der Waals surface area (Å²) in [6, 6.07) is 5.94. The fraction of sp³-hybridized carbons (Fsp3) is 0.588. The monoisotopic (exact) mass is 369 g/mol. The summed E-state index contributed by atoms with van der Waals surface area (Å²) < 4.78 is 0.867. The van der Waals surface area contributed by atoms with Gasteiger partial charge in [-0.1, -0.05) is 46.8 Å². The molecule has 2 nitrogen and oxygen atoms in total. The third-order valence-corrected chi connectivity index (χ3v) is 5.21. The van der Waals surface area contributed by atoms with E-state index in [0.717, 1.165) is 23.9 Å². The molecule has 3 rings (SSSR count). The minimum atomic E-state index is 0.145. The van der Waals surface area contributed by atoms with Crippen molar-refractivity contribution in [3.63, 3.8) is 0 Å². The molecule has 1 aromatic rings. The zero-order valence-electron chi connectivity index (χ0n) is 12.2. The Morgan fingerprint density at radius 1 is 1.14 bits per heavy atom. The van der Waals surface area contributed by atoms with Gasteiger partial charge in [-0.05, 0) is 49.8 Å². The molecule has 0 aromatic heterocycles. The Bertz CT molecular complexity index is 503. The number of nitrogens with zero attached hydrogens (tertiary/aromatic N) is 1. The molecule has 2 saturated carbocycles. The lowest BCUT2D eigenvalue weighted by Crippen LogP contribution is -2.37. The fourth-order valence-corrected chi connectivity index (χ4v) is 4.14. The Morgan fingerprint density at radius 2 is 1.86 bits per heavy atom. The predicted octanol–water partition coefficient (Wildman–Crippen LogP) is 5.29. The van der Waals surface area contributed by atoms with Crippen molar-refractivity contribution in [2.45, 2.75) is 51.0 Å². The molecule has 4 heteroatoms. The van der Waals surface area contributed by atoms with Crippen LogP contribution in [0.4, 0.5) is 0 Å². The van der Waals surface area contributed by atoms with Crippen LogP contribution in [0.2, 0.25) is 5.02 Å². The van der Waals surface area contributed by atoms with E-state index >= 15 is 0 Å². The van der Waals surface area contributed by atoms with Crippen LogP contribution in [0.25, 0.3) is 0 Å². The van der Waals surface area contributed by atoms with Crippen LogP contribution in [0.1, 0.15) is 55.3 Å². The van der Waals surface area contributed by atoms with Gasteiger partial charge in [0.2, 0.25) is 0 Å². The quantitative estimate of drug-likeness (QED) is 0.705. The van der Waals surface area contributed by atoms with Gasteiger partial charge in [0.05, 0.1) is 0 Å².